The maximum absolute atomic E-state index is 4.50. The first kappa shape index (κ1) is 11.1. The fourth-order valence-corrected chi connectivity index (χ4v) is 1.41. The molecule has 0 heterocycles. The number of hydrogen-bond acceptors (Lipinski definition) is 0. The summed E-state index contributed by atoms with van der Waals surface area (Å²) in [6.07, 6.45) is 3.84. The molecule has 0 amide bonds. The zero-order chi connectivity index (χ0) is 10.2. The molecule has 0 aliphatic rings. The van der Waals surface area contributed by atoms with Gasteiger partial charge in [-0.2, -0.15) is 0 Å². The third-order valence-corrected chi connectivity index (χ3v) is 2.24. The minimum Gasteiger partial charge on any atom is -0.285 e. The van der Waals surface area contributed by atoms with Gasteiger partial charge in [-0.15, -0.1) is 0 Å². The molecule has 1 nitrogen and oxygen atoms in total. The molecule has 0 spiro atoms. The molecule has 1 heteroatoms. The number of benzene rings is 1. The number of unbranched alkanes of at least 4 members (excludes halogenated alkanes) is 1. The number of rotatable bonds is 6. The van der Waals surface area contributed by atoms with Crippen LogP contribution in [0.2, 0.25) is 0 Å². The number of para-hydroxylation sites is 1. The third kappa shape index (κ3) is 4.90. The lowest BCUT2D eigenvalue weighted by Crippen LogP contribution is -2.00. The highest BCUT2D eigenvalue weighted by Gasteiger charge is 1.95. The molecule has 0 saturated heterocycles. The summed E-state index contributed by atoms with van der Waals surface area (Å²) in [5.41, 5.74) is 1.11. The van der Waals surface area contributed by atoms with E-state index < -0.39 is 0 Å². The van der Waals surface area contributed by atoms with Crippen LogP contribution in [0.5, 0.6) is 0 Å². The largest absolute Gasteiger partial charge is 0.285 e. The van der Waals surface area contributed by atoms with Crippen LogP contribution in [0.15, 0.2) is 30.3 Å². The molecule has 0 bridgehead atoms. The second kappa shape index (κ2) is 6.47. The summed E-state index contributed by atoms with van der Waals surface area (Å²) >= 11 is 0. The highest BCUT2D eigenvalue weighted by atomic mass is 14.9. The van der Waals surface area contributed by atoms with Crippen LogP contribution in [0, 0.1) is 5.92 Å². The highest BCUT2D eigenvalue weighted by molar-refractivity contribution is 5.34. The van der Waals surface area contributed by atoms with Gasteiger partial charge in [0.2, 0.25) is 0 Å². The van der Waals surface area contributed by atoms with Crippen molar-refractivity contribution in [1.82, 2.24) is 5.32 Å². The standard InChI is InChI=1S/C13H20N/c1-12(2)8-6-7-11-14-13-9-4-3-5-10-13/h3-5,9-10,12H,6-8,11H2,1-2H3. The summed E-state index contributed by atoms with van der Waals surface area (Å²) in [6.45, 7) is 5.51. The van der Waals surface area contributed by atoms with Crippen molar-refractivity contribution in [3.05, 3.63) is 30.3 Å². The fraction of sp³-hybridized carbons (Fsp3) is 0.538. The Morgan fingerprint density at radius 2 is 1.79 bits per heavy atom. The SMILES string of the molecule is CC(C)CCCC[N]c1ccccc1. The Kier molecular flexibility index (Phi) is 5.13. The summed E-state index contributed by atoms with van der Waals surface area (Å²) in [5, 5.41) is 4.50. The summed E-state index contributed by atoms with van der Waals surface area (Å²) in [7, 11) is 0. The predicted molar refractivity (Wildman–Crippen MR) is 61.8 cm³/mol. The smallest absolute Gasteiger partial charge is 0.0574 e. The minimum atomic E-state index is 0.826. The molecule has 0 aromatic heterocycles. The topological polar surface area (TPSA) is 14.1 Å². The van der Waals surface area contributed by atoms with Gasteiger partial charge < -0.3 is 0 Å². The molecule has 0 fully saturated rings. The van der Waals surface area contributed by atoms with E-state index in [4.69, 9.17) is 0 Å². The molecule has 0 saturated carbocycles. The van der Waals surface area contributed by atoms with Crippen LogP contribution in [-0.4, -0.2) is 6.54 Å². The lowest BCUT2D eigenvalue weighted by molar-refractivity contribution is 0.533. The van der Waals surface area contributed by atoms with E-state index in [0.717, 1.165) is 18.2 Å². The van der Waals surface area contributed by atoms with E-state index in [1.807, 2.05) is 18.2 Å². The molecule has 1 aromatic rings. The van der Waals surface area contributed by atoms with Crippen molar-refractivity contribution in [3.63, 3.8) is 0 Å². The van der Waals surface area contributed by atoms with E-state index in [-0.39, 0.29) is 0 Å². The Hall–Kier alpha value is -0.980. The molecule has 0 atom stereocenters. The van der Waals surface area contributed by atoms with Crippen molar-refractivity contribution in [2.45, 2.75) is 33.1 Å². The molecular weight excluding hydrogens is 170 g/mol. The Morgan fingerprint density at radius 1 is 1.07 bits per heavy atom. The maximum Gasteiger partial charge on any atom is 0.0574 e. The fourth-order valence-electron chi connectivity index (χ4n) is 1.41. The van der Waals surface area contributed by atoms with Gasteiger partial charge in [-0.3, -0.25) is 5.32 Å². The van der Waals surface area contributed by atoms with E-state index in [0.29, 0.717) is 0 Å². The summed E-state index contributed by atoms with van der Waals surface area (Å²) in [6, 6.07) is 10.2. The van der Waals surface area contributed by atoms with Crippen LogP contribution >= 0.6 is 0 Å². The van der Waals surface area contributed by atoms with Gasteiger partial charge in [0.15, 0.2) is 0 Å². The van der Waals surface area contributed by atoms with Gasteiger partial charge in [-0.25, -0.2) is 0 Å². The van der Waals surface area contributed by atoms with Crippen LogP contribution in [0.25, 0.3) is 0 Å². The first-order valence-electron chi connectivity index (χ1n) is 5.51. The summed E-state index contributed by atoms with van der Waals surface area (Å²) < 4.78 is 0. The Labute approximate surface area is 87.5 Å². The van der Waals surface area contributed by atoms with Crippen molar-refractivity contribution >= 4 is 5.69 Å². The lowest BCUT2D eigenvalue weighted by Gasteiger charge is -2.04. The summed E-state index contributed by atoms with van der Waals surface area (Å²) in [5.74, 6) is 0.826. The normalized spacial score (nSPS) is 10.5. The van der Waals surface area contributed by atoms with Gasteiger partial charge in [-0.05, 0) is 24.5 Å². The zero-order valence-corrected chi connectivity index (χ0v) is 9.24. The van der Waals surface area contributed by atoms with Gasteiger partial charge in [0, 0.05) is 6.54 Å². The first-order valence-corrected chi connectivity index (χ1v) is 5.51. The van der Waals surface area contributed by atoms with Gasteiger partial charge in [-0.1, -0.05) is 44.9 Å². The molecule has 1 aromatic carbocycles. The maximum atomic E-state index is 4.50. The van der Waals surface area contributed by atoms with Gasteiger partial charge in [0.1, 0.15) is 0 Å². The molecule has 77 valence electrons. The van der Waals surface area contributed by atoms with Gasteiger partial charge in [0.25, 0.3) is 0 Å². The van der Waals surface area contributed by atoms with E-state index >= 15 is 0 Å². The third-order valence-electron chi connectivity index (χ3n) is 2.24. The monoisotopic (exact) mass is 190 g/mol. The molecule has 0 aliphatic heterocycles. The quantitative estimate of drug-likeness (QED) is 0.607. The molecule has 0 aliphatic carbocycles. The number of nitrogens with zero attached hydrogens (tertiary/aromatic N) is 1. The van der Waals surface area contributed by atoms with Gasteiger partial charge >= 0.3 is 0 Å². The molecule has 1 rings (SSSR count). The second-order valence-electron chi connectivity index (χ2n) is 4.11. The zero-order valence-electron chi connectivity index (χ0n) is 9.24. The van der Waals surface area contributed by atoms with Crippen LogP contribution in [0.4, 0.5) is 5.69 Å². The Balaban J connectivity index is 2.05. The average Bonchev–Trinajstić information content (AvgIpc) is 2.18. The van der Waals surface area contributed by atoms with E-state index in [1.54, 1.807) is 0 Å². The van der Waals surface area contributed by atoms with Crippen molar-refractivity contribution in [2.75, 3.05) is 6.54 Å². The van der Waals surface area contributed by atoms with E-state index in [2.05, 4.69) is 31.3 Å². The highest BCUT2D eigenvalue weighted by Crippen LogP contribution is 2.08. The molecular formula is C13H20N. The number of hydrogen-bond donors (Lipinski definition) is 0. The minimum absolute atomic E-state index is 0.826. The molecule has 14 heavy (non-hydrogen) atoms. The Morgan fingerprint density at radius 3 is 2.43 bits per heavy atom. The summed E-state index contributed by atoms with van der Waals surface area (Å²) in [4.78, 5) is 0. The second-order valence-corrected chi connectivity index (χ2v) is 4.11. The van der Waals surface area contributed by atoms with Crippen LogP contribution in [-0.2, 0) is 0 Å². The molecule has 0 unspecified atom stereocenters. The van der Waals surface area contributed by atoms with Crippen molar-refractivity contribution in [1.29, 1.82) is 0 Å². The van der Waals surface area contributed by atoms with Crippen molar-refractivity contribution in [2.24, 2.45) is 5.92 Å². The first-order chi connectivity index (χ1) is 6.79. The Bertz CT molecular complexity index is 228. The average molecular weight is 190 g/mol. The van der Waals surface area contributed by atoms with E-state index in [9.17, 15) is 0 Å². The van der Waals surface area contributed by atoms with Crippen LogP contribution < -0.4 is 5.32 Å². The molecule has 1 radical (unpaired) electrons. The molecule has 0 N–H and O–H groups in total. The van der Waals surface area contributed by atoms with Crippen molar-refractivity contribution < 1.29 is 0 Å². The predicted octanol–water partition coefficient (Wildman–Crippen LogP) is 3.75. The van der Waals surface area contributed by atoms with Crippen molar-refractivity contribution in [3.8, 4) is 0 Å². The lowest BCUT2D eigenvalue weighted by atomic mass is 10.1. The van der Waals surface area contributed by atoms with Crippen LogP contribution in [0.1, 0.15) is 33.1 Å². The van der Waals surface area contributed by atoms with Crippen LogP contribution in [0.3, 0.4) is 0 Å². The van der Waals surface area contributed by atoms with Gasteiger partial charge in [0.05, 0.1) is 5.69 Å². The van der Waals surface area contributed by atoms with E-state index in [1.165, 1.54) is 19.3 Å².